The third-order valence-electron chi connectivity index (χ3n) is 11.4. The Morgan fingerprint density at radius 1 is 1.05 bits per heavy atom. The Morgan fingerprint density at radius 3 is 2.84 bits per heavy atom. The van der Waals surface area contributed by atoms with Gasteiger partial charge in [0.2, 0.25) is 0 Å². The van der Waals surface area contributed by atoms with Gasteiger partial charge in [-0.25, -0.2) is 8.78 Å². The van der Waals surface area contributed by atoms with E-state index in [-0.39, 0.29) is 35.6 Å². The van der Waals surface area contributed by atoms with Crippen molar-refractivity contribution in [2.24, 2.45) is 11.3 Å². The molecular weight excluding hydrogens is 466 g/mol. The van der Waals surface area contributed by atoms with Gasteiger partial charge in [0.1, 0.15) is 0 Å². The molecule has 4 fully saturated rings. The van der Waals surface area contributed by atoms with Gasteiger partial charge in [-0.3, -0.25) is 9.88 Å². The number of hydrogen-bond donors (Lipinski definition) is 0. The van der Waals surface area contributed by atoms with E-state index in [0.717, 1.165) is 38.5 Å². The summed E-state index contributed by atoms with van der Waals surface area (Å²) >= 11 is 0. The molecule has 2 spiro atoms. The highest BCUT2D eigenvalue weighted by Crippen LogP contribution is 2.69. The number of rotatable bonds is 2. The highest BCUT2D eigenvalue weighted by Gasteiger charge is 2.66. The summed E-state index contributed by atoms with van der Waals surface area (Å²) < 4.78 is 35.5. The third-order valence-corrected chi connectivity index (χ3v) is 11.4. The quantitative estimate of drug-likeness (QED) is 0.435. The summed E-state index contributed by atoms with van der Waals surface area (Å²) in [6.07, 6.45) is 17.3. The number of benzene rings is 1. The summed E-state index contributed by atoms with van der Waals surface area (Å²) in [5.41, 5.74) is 4.00. The highest BCUT2D eigenvalue weighted by atomic mass is 19.3. The van der Waals surface area contributed by atoms with Gasteiger partial charge in [-0.05, 0) is 103 Å². The van der Waals surface area contributed by atoms with Gasteiger partial charge in [-0.2, -0.15) is 0 Å². The van der Waals surface area contributed by atoms with Crippen LogP contribution in [0.15, 0.2) is 60.0 Å². The number of fused-ring (bicyclic) bond motifs is 2. The van der Waals surface area contributed by atoms with Crippen molar-refractivity contribution in [3.63, 3.8) is 0 Å². The van der Waals surface area contributed by atoms with E-state index in [1.54, 1.807) is 0 Å². The minimum absolute atomic E-state index is 0.00350. The maximum absolute atomic E-state index is 14.0. The second-order valence-corrected chi connectivity index (χ2v) is 13.2. The molecule has 3 unspecified atom stereocenters. The third kappa shape index (κ3) is 3.13. The van der Waals surface area contributed by atoms with Crippen molar-refractivity contribution in [1.29, 1.82) is 0 Å². The van der Waals surface area contributed by atoms with E-state index >= 15 is 0 Å². The molecule has 3 nitrogen and oxygen atoms in total. The molecule has 8 rings (SSSR count). The molecule has 1 aromatic carbocycles. The standard InChI is InChI=1S/C32H36F2N2O/c1-29-10-8-25-17-24-4-5-26(36-15-13-31(33,34)20-36)18-30(24)11-12-32(25,37-30)28(29)7-6-27(29)22-3-2-21-9-14-35-19-23(21)16-22/h2-3,8-9,14,16-17,19,26-28H,4-7,10-13,15,18,20H2,1H3/t26?,27?,28-,29?,30-,32-/m1/s1. The minimum atomic E-state index is -2.53. The average Bonchev–Trinajstić information content (AvgIpc) is 3.54. The van der Waals surface area contributed by atoms with Gasteiger partial charge in [0.25, 0.3) is 5.92 Å². The molecule has 3 aliphatic heterocycles. The van der Waals surface area contributed by atoms with Crippen LogP contribution in [0.25, 0.3) is 10.8 Å². The fourth-order valence-electron chi connectivity index (χ4n) is 9.64. The first-order chi connectivity index (χ1) is 17.8. The molecule has 0 amide bonds. The Kier molecular flexibility index (Phi) is 4.63. The van der Waals surface area contributed by atoms with Gasteiger partial charge in [0.05, 0.1) is 17.7 Å². The lowest BCUT2D eigenvalue weighted by Gasteiger charge is -2.55. The van der Waals surface area contributed by atoms with E-state index < -0.39 is 5.92 Å². The van der Waals surface area contributed by atoms with Crippen molar-refractivity contribution in [2.45, 2.75) is 93.8 Å². The molecule has 2 bridgehead atoms. The normalized spacial score (nSPS) is 42.2. The monoisotopic (exact) mass is 502 g/mol. The first-order valence-electron chi connectivity index (χ1n) is 14.4. The van der Waals surface area contributed by atoms with Crippen LogP contribution >= 0.6 is 0 Å². The van der Waals surface area contributed by atoms with Crippen LogP contribution in [0.4, 0.5) is 8.78 Å². The number of nitrogens with zero attached hydrogens (tertiary/aromatic N) is 2. The molecule has 4 heterocycles. The molecule has 0 radical (unpaired) electrons. The van der Waals surface area contributed by atoms with Crippen LogP contribution in [0, 0.1) is 11.3 Å². The Bertz CT molecular complexity index is 1350. The predicted molar refractivity (Wildman–Crippen MR) is 141 cm³/mol. The lowest BCUT2D eigenvalue weighted by molar-refractivity contribution is -0.141. The Hall–Kier alpha value is -2.11. The zero-order valence-electron chi connectivity index (χ0n) is 21.7. The summed E-state index contributed by atoms with van der Waals surface area (Å²) in [5, 5.41) is 2.47. The van der Waals surface area contributed by atoms with E-state index in [2.05, 4.69) is 53.2 Å². The van der Waals surface area contributed by atoms with Gasteiger partial charge < -0.3 is 4.74 Å². The van der Waals surface area contributed by atoms with Crippen LogP contribution < -0.4 is 0 Å². The fourth-order valence-corrected chi connectivity index (χ4v) is 9.64. The van der Waals surface area contributed by atoms with Gasteiger partial charge in [0, 0.05) is 36.8 Å². The number of halogens is 2. The van der Waals surface area contributed by atoms with Crippen molar-refractivity contribution in [2.75, 3.05) is 13.1 Å². The van der Waals surface area contributed by atoms with Crippen molar-refractivity contribution in [1.82, 2.24) is 9.88 Å². The maximum Gasteiger partial charge on any atom is 0.261 e. The summed E-state index contributed by atoms with van der Waals surface area (Å²) in [6.45, 7) is 2.95. The van der Waals surface area contributed by atoms with E-state index in [1.807, 2.05) is 12.4 Å². The van der Waals surface area contributed by atoms with Crippen molar-refractivity contribution in [3.05, 3.63) is 65.5 Å². The van der Waals surface area contributed by atoms with Crippen molar-refractivity contribution < 1.29 is 13.5 Å². The second-order valence-electron chi connectivity index (χ2n) is 13.2. The predicted octanol–water partition coefficient (Wildman–Crippen LogP) is 7.19. The largest absolute Gasteiger partial charge is 0.359 e. The Balaban J connectivity index is 1.12. The summed E-state index contributed by atoms with van der Waals surface area (Å²) in [5.74, 6) is -1.54. The molecule has 6 aliphatic rings. The molecule has 5 heteroatoms. The smallest absolute Gasteiger partial charge is 0.261 e. The number of ether oxygens (including phenoxy) is 1. The molecule has 0 N–H and O–H groups in total. The van der Waals surface area contributed by atoms with Gasteiger partial charge in [0.15, 0.2) is 0 Å². The van der Waals surface area contributed by atoms with E-state index in [1.165, 1.54) is 40.3 Å². The lowest BCUT2D eigenvalue weighted by atomic mass is 9.58. The number of aromatic nitrogens is 1. The van der Waals surface area contributed by atoms with Crippen LogP contribution in [-0.4, -0.2) is 46.1 Å². The second kappa shape index (κ2) is 7.51. The molecular formula is C32H36F2N2O. The van der Waals surface area contributed by atoms with Gasteiger partial charge in [-0.15, -0.1) is 0 Å². The fraction of sp³-hybridized carbons (Fsp3) is 0.594. The van der Waals surface area contributed by atoms with E-state index in [9.17, 15) is 8.78 Å². The van der Waals surface area contributed by atoms with E-state index in [0.29, 0.717) is 18.4 Å². The molecule has 2 saturated carbocycles. The maximum atomic E-state index is 14.0. The SMILES string of the molecule is CC12CC=C3C=C4CCC(N5CCC(F)(F)C5)C[C@]45CC[C@]3(O5)[C@@H]1CCC2c1ccc2ccncc2c1. The zero-order chi connectivity index (χ0) is 25.0. The van der Waals surface area contributed by atoms with Crippen molar-refractivity contribution >= 4 is 10.8 Å². The van der Waals surface area contributed by atoms with Crippen LogP contribution in [0.3, 0.4) is 0 Å². The van der Waals surface area contributed by atoms with Crippen LogP contribution in [0.1, 0.15) is 76.2 Å². The van der Waals surface area contributed by atoms with Crippen LogP contribution in [0.2, 0.25) is 0 Å². The molecule has 1 aromatic heterocycles. The number of likely N-dealkylation sites (tertiary alicyclic amines) is 1. The topological polar surface area (TPSA) is 25.4 Å². The first kappa shape index (κ1) is 22.8. The average molecular weight is 503 g/mol. The molecule has 2 aromatic rings. The number of allylic oxidation sites excluding steroid dienone is 1. The lowest BCUT2D eigenvalue weighted by Crippen LogP contribution is -2.55. The first-order valence-corrected chi connectivity index (χ1v) is 14.4. The molecule has 37 heavy (non-hydrogen) atoms. The van der Waals surface area contributed by atoms with Crippen molar-refractivity contribution in [3.8, 4) is 0 Å². The molecule has 6 atom stereocenters. The summed E-state index contributed by atoms with van der Waals surface area (Å²) in [4.78, 5) is 6.43. The number of alkyl halides is 2. The van der Waals surface area contributed by atoms with Crippen LogP contribution in [0.5, 0.6) is 0 Å². The highest BCUT2D eigenvalue weighted by molar-refractivity contribution is 5.82. The Morgan fingerprint density at radius 2 is 1.97 bits per heavy atom. The molecule has 2 saturated heterocycles. The zero-order valence-corrected chi connectivity index (χ0v) is 21.7. The summed E-state index contributed by atoms with van der Waals surface area (Å²) in [6, 6.07) is 9.26. The molecule has 3 aliphatic carbocycles. The van der Waals surface area contributed by atoms with E-state index in [4.69, 9.17) is 4.74 Å². The summed E-state index contributed by atoms with van der Waals surface area (Å²) in [7, 11) is 0. The molecule has 194 valence electrons. The van der Waals surface area contributed by atoms with Gasteiger partial charge >= 0.3 is 0 Å². The number of pyridine rings is 1. The number of hydrogen-bond acceptors (Lipinski definition) is 3. The minimum Gasteiger partial charge on any atom is -0.359 e. The van der Waals surface area contributed by atoms with Crippen LogP contribution in [-0.2, 0) is 4.74 Å². The Labute approximate surface area is 218 Å². The van der Waals surface area contributed by atoms with Gasteiger partial charge in [-0.1, -0.05) is 31.2 Å².